The maximum absolute atomic E-state index is 4.95. The third-order valence-corrected chi connectivity index (χ3v) is 13.7. The summed E-state index contributed by atoms with van der Waals surface area (Å²) < 4.78 is 8.27. The number of hydrogen-bond acceptors (Lipinski definition) is 0. The fourth-order valence-corrected chi connectivity index (χ4v) is 11.3. The van der Waals surface area contributed by atoms with Crippen molar-refractivity contribution < 1.29 is 46.1 Å². The van der Waals surface area contributed by atoms with E-state index < -0.39 is 21.3 Å². The molecule has 0 aromatic heterocycles. The van der Waals surface area contributed by atoms with Crippen LogP contribution >= 0.6 is 0 Å². The molecule has 176 valence electrons. The van der Waals surface area contributed by atoms with E-state index in [9.17, 15) is 0 Å². The maximum Gasteiger partial charge on any atom is -1.00 e. The summed E-state index contributed by atoms with van der Waals surface area (Å²) in [5.41, 5.74) is 12.2. The molecule has 33 heavy (non-hydrogen) atoms. The van der Waals surface area contributed by atoms with E-state index >= 15 is 0 Å². The molecule has 0 amide bonds. The Morgan fingerprint density at radius 2 is 1.42 bits per heavy atom. The van der Waals surface area contributed by atoms with Gasteiger partial charge in [-0.25, -0.2) is 0 Å². The van der Waals surface area contributed by atoms with E-state index in [1.54, 1.807) is 12.1 Å². The Morgan fingerprint density at radius 1 is 0.848 bits per heavy atom. The summed E-state index contributed by atoms with van der Waals surface area (Å²) in [6.45, 7) is 21.0. The van der Waals surface area contributed by atoms with Gasteiger partial charge in [-0.3, -0.25) is 0 Å². The van der Waals surface area contributed by atoms with Gasteiger partial charge >= 0.3 is 198 Å². The van der Waals surface area contributed by atoms with E-state index in [2.05, 4.69) is 98.7 Å². The molecule has 0 aliphatic heterocycles. The first-order valence-corrected chi connectivity index (χ1v) is 15.9. The van der Waals surface area contributed by atoms with Crippen LogP contribution in [0.4, 0.5) is 0 Å². The standard InChI is InChI=1S/C21H25.C8H11.CH2.2ClH.Zr/c1-20(2,3)16-9-7-14-11-15-8-10-17(21(4,5)6)13-19(15)18(14)12-16;1-6-4-7(2)8(3)5-6;;;;/h7,9-10,12-13H,11H2,1-6H3;4,6H,1-3H3;1H2;2*1H;/q;;;;;+2/p-2. The molecule has 0 N–H and O–H groups in total. The van der Waals surface area contributed by atoms with Gasteiger partial charge in [0.15, 0.2) is 0 Å². The molecule has 0 bridgehead atoms. The number of halogens is 2. The average Bonchev–Trinajstić information content (AvgIpc) is 3.15. The van der Waals surface area contributed by atoms with E-state index in [0.717, 1.165) is 6.42 Å². The molecule has 0 heterocycles. The van der Waals surface area contributed by atoms with Crippen LogP contribution in [-0.4, -0.2) is 4.21 Å². The molecule has 1 atom stereocenters. The van der Waals surface area contributed by atoms with Gasteiger partial charge in [-0.15, -0.1) is 0 Å². The summed E-state index contributed by atoms with van der Waals surface area (Å²) in [4.78, 5) is 0. The molecular weight excluding hydrogens is 522 g/mol. The molecule has 4 rings (SSSR count). The minimum absolute atomic E-state index is 0. The minimum atomic E-state index is -2.22. The maximum atomic E-state index is 4.95. The monoisotopic (exact) mass is 558 g/mol. The van der Waals surface area contributed by atoms with Gasteiger partial charge in [0.25, 0.3) is 0 Å². The van der Waals surface area contributed by atoms with Gasteiger partial charge in [0.2, 0.25) is 0 Å². The van der Waals surface area contributed by atoms with E-state index in [1.165, 1.54) is 39.0 Å². The van der Waals surface area contributed by atoms with Crippen molar-refractivity contribution in [2.75, 3.05) is 0 Å². The van der Waals surface area contributed by atoms with Crippen molar-refractivity contribution in [2.24, 2.45) is 5.92 Å². The molecule has 0 saturated heterocycles. The molecule has 0 spiro atoms. The number of fused-ring (bicyclic) bond motifs is 3. The summed E-state index contributed by atoms with van der Waals surface area (Å²) in [6, 6.07) is 12.3. The summed E-state index contributed by atoms with van der Waals surface area (Å²) in [5.74, 6) is 0.553. The predicted molar refractivity (Wildman–Crippen MR) is 134 cm³/mol. The second-order valence-corrected chi connectivity index (χ2v) is 16.8. The summed E-state index contributed by atoms with van der Waals surface area (Å²) in [6.07, 6.45) is 3.52. The molecule has 0 saturated carbocycles. The topological polar surface area (TPSA) is 0 Å². The van der Waals surface area contributed by atoms with Crippen LogP contribution in [0.2, 0.25) is 0 Å². The van der Waals surface area contributed by atoms with Gasteiger partial charge in [0.05, 0.1) is 0 Å². The molecule has 2 aromatic rings. The minimum Gasteiger partial charge on any atom is -1.00 e. The van der Waals surface area contributed by atoms with E-state index in [0.29, 0.717) is 5.92 Å². The number of allylic oxidation sites excluding steroid dienone is 4. The van der Waals surface area contributed by atoms with Gasteiger partial charge in [0.1, 0.15) is 0 Å². The summed E-state index contributed by atoms with van der Waals surface area (Å²) >= 11 is -2.22. The fourth-order valence-electron chi connectivity index (χ4n) is 5.23. The van der Waals surface area contributed by atoms with Crippen molar-refractivity contribution in [3.63, 3.8) is 0 Å². The molecule has 0 fully saturated rings. The second kappa shape index (κ2) is 9.72. The first kappa shape index (κ1) is 28.5. The van der Waals surface area contributed by atoms with Crippen molar-refractivity contribution >= 4 is 7.48 Å². The van der Waals surface area contributed by atoms with E-state index in [1.807, 2.05) is 0 Å². The fraction of sp³-hybridized carbons (Fsp3) is 0.433. The van der Waals surface area contributed by atoms with Gasteiger partial charge in [-0.1, -0.05) is 0 Å². The average molecular weight is 561 g/mol. The molecule has 0 radical (unpaired) electrons. The first-order chi connectivity index (χ1) is 14.3. The molecule has 1 unspecified atom stereocenters. The van der Waals surface area contributed by atoms with E-state index in [-0.39, 0.29) is 35.6 Å². The van der Waals surface area contributed by atoms with Crippen LogP contribution in [0.5, 0.6) is 0 Å². The molecule has 0 nitrogen and oxygen atoms in total. The van der Waals surface area contributed by atoms with Crippen molar-refractivity contribution in [1.29, 1.82) is 0 Å². The van der Waals surface area contributed by atoms with Gasteiger partial charge in [0, 0.05) is 0 Å². The zero-order chi connectivity index (χ0) is 22.9. The third-order valence-electron chi connectivity index (χ3n) is 7.35. The quantitative estimate of drug-likeness (QED) is 0.445. The largest absolute Gasteiger partial charge is 1.00 e. The van der Waals surface area contributed by atoms with Gasteiger partial charge in [-0.05, 0) is 0 Å². The Morgan fingerprint density at radius 3 is 1.94 bits per heavy atom. The molecule has 3 heteroatoms. The van der Waals surface area contributed by atoms with Gasteiger partial charge in [-0.2, -0.15) is 0 Å². The molecule has 2 aromatic carbocycles. The van der Waals surface area contributed by atoms with Crippen LogP contribution in [0.1, 0.15) is 84.6 Å². The molecule has 2 aliphatic carbocycles. The molecule has 2 aliphatic rings. The number of hydrogen-bond donors (Lipinski definition) is 0. The smallest absolute Gasteiger partial charge is 1.00 e. The zero-order valence-electron chi connectivity index (χ0n) is 21.7. The normalized spacial score (nSPS) is 16.8. The summed E-state index contributed by atoms with van der Waals surface area (Å²) in [5, 5.41) is 0. The summed E-state index contributed by atoms with van der Waals surface area (Å²) in [7, 11) is 0. The van der Waals surface area contributed by atoms with Crippen LogP contribution in [0.25, 0.3) is 11.1 Å². The first-order valence-electron chi connectivity index (χ1n) is 11.7. The van der Waals surface area contributed by atoms with Crippen LogP contribution in [0.15, 0.2) is 50.8 Å². The zero-order valence-corrected chi connectivity index (χ0v) is 25.7. The van der Waals surface area contributed by atoms with Crippen molar-refractivity contribution in [2.45, 2.75) is 79.6 Å². The Hall–Kier alpha value is -0.747. The van der Waals surface area contributed by atoms with Crippen LogP contribution < -0.4 is 28.1 Å². The number of rotatable bonds is 2. The van der Waals surface area contributed by atoms with Crippen molar-refractivity contribution in [3.8, 4) is 11.1 Å². The van der Waals surface area contributed by atoms with Crippen molar-refractivity contribution in [3.05, 3.63) is 73.1 Å². The third kappa shape index (κ3) is 5.12. The van der Waals surface area contributed by atoms with E-state index in [4.69, 9.17) is 4.21 Å². The second-order valence-electron chi connectivity index (χ2n) is 11.8. The van der Waals surface area contributed by atoms with Crippen LogP contribution in [-0.2, 0) is 38.5 Å². The van der Waals surface area contributed by atoms with Crippen LogP contribution in [0.3, 0.4) is 0 Å². The number of benzene rings is 2. The van der Waals surface area contributed by atoms with Crippen molar-refractivity contribution in [1.82, 2.24) is 0 Å². The SMILES string of the molecule is [CH2]=[Zr+2]([C]1=C(C)C(C)=CC1C)[c]1cc(C(C)(C)C)cc2c1Cc1ccc(C(C)(C)C)cc1-2.[Cl-].[Cl-]. The Labute approximate surface area is 221 Å². The van der Waals surface area contributed by atoms with Crippen LogP contribution in [0, 0.1) is 5.92 Å². The van der Waals surface area contributed by atoms with Gasteiger partial charge < -0.3 is 24.8 Å². The molecular formula is C30H38Cl2Zr. The Kier molecular flexibility index (Phi) is 8.39. The predicted octanol–water partition coefficient (Wildman–Crippen LogP) is 1.41. The Balaban J connectivity index is 0.00000193. The Bertz CT molecular complexity index is 1170.